The molecule has 0 amide bonds. The minimum absolute atomic E-state index is 0.0181. The molecule has 0 spiro atoms. The van der Waals surface area contributed by atoms with Crippen LogP contribution in [0.4, 0.5) is 8.78 Å². The summed E-state index contributed by atoms with van der Waals surface area (Å²) in [7, 11) is 0. The van der Waals surface area contributed by atoms with Crippen molar-refractivity contribution in [3.8, 4) is 0 Å². The molecular formula is C14H16F2N2. The number of hydrogen-bond donors (Lipinski definition) is 1. The number of imidazole rings is 1. The first-order valence-electron chi connectivity index (χ1n) is 6.44. The van der Waals surface area contributed by atoms with Crippen LogP contribution in [0.5, 0.6) is 0 Å². The van der Waals surface area contributed by atoms with E-state index in [1.54, 1.807) is 0 Å². The molecule has 18 heavy (non-hydrogen) atoms. The third-order valence-electron chi connectivity index (χ3n) is 4.05. The van der Waals surface area contributed by atoms with Crippen molar-refractivity contribution in [1.29, 1.82) is 0 Å². The second kappa shape index (κ2) is 4.04. The summed E-state index contributed by atoms with van der Waals surface area (Å²) in [6.45, 7) is 2.18. The SMILES string of the molecule is CC1(c2nc3cc(F)c(F)cc3[nH]2)CCCCC1. The second-order valence-electron chi connectivity index (χ2n) is 5.49. The summed E-state index contributed by atoms with van der Waals surface area (Å²) in [4.78, 5) is 7.60. The highest BCUT2D eigenvalue weighted by atomic mass is 19.2. The second-order valence-corrected chi connectivity index (χ2v) is 5.49. The van der Waals surface area contributed by atoms with E-state index in [0.29, 0.717) is 11.0 Å². The number of H-pyrrole nitrogens is 1. The van der Waals surface area contributed by atoms with Gasteiger partial charge >= 0.3 is 0 Å². The number of fused-ring (bicyclic) bond motifs is 1. The van der Waals surface area contributed by atoms with Gasteiger partial charge in [0.2, 0.25) is 0 Å². The number of aromatic nitrogens is 2. The largest absolute Gasteiger partial charge is 0.341 e. The Labute approximate surface area is 104 Å². The monoisotopic (exact) mass is 250 g/mol. The molecule has 0 radical (unpaired) electrons. The Kier molecular flexibility index (Phi) is 2.61. The van der Waals surface area contributed by atoms with Crippen molar-refractivity contribution in [3.63, 3.8) is 0 Å². The van der Waals surface area contributed by atoms with Crippen molar-refractivity contribution >= 4 is 11.0 Å². The lowest BCUT2D eigenvalue weighted by atomic mass is 9.75. The maximum absolute atomic E-state index is 13.2. The molecule has 1 aliphatic rings. The Bertz CT molecular complexity index is 544. The first-order valence-corrected chi connectivity index (χ1v) is 6.44. The summed E-state index contributed by atoms with van der Waals surface area (Å²) in [6, 6.07) is 2.35. The van der Waals surface area contributed by atoms with Crippen molar-refractivity contribution in [2.24, 2.45) is 0 Å². The van der Waals surface area contributed by atoms with Gasteiger partial charge < -0.3 is 4.98 Å². The molecule has 0 aliphatic heterocycles. The van der Waals surface area contributed by atoms with E-state index < -0.39 is 11.6 Å². The number of nitrogens with zero attached hydrogens (tertiary/aromatic N) is 1. The number of benzene rings is 1. The molecule has 1 aromatic carbocycles. The van der Waals surface area contributed by atoms with Gasteiger partial charge in [-0.25, -0.2) is 13.8 Å². The molecule has 1 N–H and O–H groups in total. The Morgan fingerprint density at radius 3 is 2.50 bits per heavy atom. The zero-order valence-electron chi connectivity index (χ0n) is 10.4. The zero-order valence-corrected chi connectivity index (χ0v) is 10.4. The average molecular weight is 250 g/mol. The van der Waals surface area contributed by atoms with Crippen LogP contribution in [0.2, 0.25) is 0 Å². The lowest BCUT2D eigenvalue weighted by molar-refractivity contribution is 0.306. The molecule has 3 rings (SSSR count). The van der Waals surface area contributed by atoms with Gasteiger partial charge in [-0.2, -0.15) is 0 Å². The molecule has 0 atom stereocenters. The van der Waals surface area contributed by atoms with Gasteiger partial charge in [0.15, 0.2) is 11.6 Å². The van der Waals surface area contributed by atoms with Crippen molar-refractivity contribution in [2.45, 2.75) is 44.4 Å². The Morgan fingerprint density at radius 2 is 1.78 bits per heavy atom. The van der Waals surface area contributed by atoms with Gasteiger partial charge in [0.25, 0.3) is 0 Å². The smallest absolute Gasteiger partial charge is 0.161 e. The number of aromatic amines is 1. The fourth-order valence-electron chi connectivity index (χ4n) is 2.86. The Morgan fingerprint density at radius 1 is 1.11 bits per heavy atom. The van der Waals surface area contributed by atoms with Crippen LogP contribution in [0.3, 0.4) is 0 Å². The normalized spacial score (nSPS) is 19.3. The van der Waals surface area contributed by atoms with Crippen molar-refractivity contribution in [1.82, 2.24) is 9.97 Å². The first kappa shape index (κ1) is 11.6. The fraction of sp³-hybridized carbons (Fsp3) is 0.500. The van der Waals surface area contributed by atoms with E-state index >= 15 is 0 Å². The van der Waals surface area contributed by atoms with Crippen LogP contribution in [0, 0.1) is 11.6 Å². The van der Waals surface area contributed by atoms with Crippen LogP contribution < -0.4 is 0 Å². The third kappa shape index (κ3) is 1.80. The first-order chi connectivity index (χ1) is 8.58. The summed E-state index contributed by atoms with van der Waals surface area (Å²) in [5.41, 5.74) is 1.11. The summed E-state index contributed by atoms with van der Waals surface area (Å²) < 4.78 is 26.3. The van der Waals surface area contributed by atoms with Gasteiger partial charge in [-0.3, -0.25) is 0 Å². The minimum atomic E-state index is -0.839. The summed E-state index contributed by atoms with van der Waals surface area (Å²) in [6.07, 6.45) is 5.81. The predicted molar refractivity (Wildman–Crippen MR) is 66.4 cm³/mol. The molecule has 0 unspecified atom stereocenters. The van der Waals surface area contributed by atoms with Crippen LogP contribution in [0.25, 0.3) is 11.0 Å². The third-order valence-corrected chi connectivity index (χ3v) is 4.05. The molecule has 1 fully saturated rings. The Balaban J connectivity index is 2.07. The number of nitrogens with one attached hydrogen (secondary N) is 1. The molecule has 1 aliphatic carbocycles. The summed E-state index contributed by atoms with van der Waals surface area (Å²) in [5.74, 6) is -0.803. The minimum Gasteiger partial charge on any atom is -0.341 e. The molecule has 96 valence electrons. The van der Waals surface area contributed by atoms with Gasteiger partial charge in [-0.05, 0) is 12.8 Å². The van der Waals surface area contributed by atoms with Gasteiger partial charge in [0, 0.05) is 17.5 Å². The topological polar surface area (TPSA) is 28.7 Å². The van der Waals surface area contributed by atoms with Crippen LogP contribution >= 0.6 is 0 Å². The number of rotatable bonds is 1. The van der Waals surface area contributed by atoms with Gasteiger partial charge in [-0.15, -0.1) is 0 Å². The van der Waals surface area contributed by atoms with Gasteiger partial charge in [0.05, 0.1) is 11.0 Å². The van der Waals surface area contributed by atoms with E-state index in [9.17, 15) is 8.78 Å². The van der Waals surface area contributed by atoms with Gasteiger partial charge in [0.1, 0.15) is 5.82 Å². The fourth-order valence-corrected chi connectivity index (χ4v) is 2.86. The quantitative estimate of drug-likeness (QED) is 0.812. The lowest BCUT2D eigenvalue weighted by Gasteiger charge is -2.31. The van der Waals surface area contributed by atoms with E-state index in [1.165, 1.54) is 25.3 Å². The van der Waals surface area contributed by atoms with E-state index in [1.807, 2.05) is 0 Å². The lowest BCUT2D eigenvalue weighted by Crippen LogP contribution is -2.26. The van der Waals surface area contributed by atoms with Crippen LogP contribution in [-0.2, 0) is 5.41 Å². The molecule has 0 saturated heterocycles. The van der Waals surface area contributed by atoms with Crippen LogP contribution in [-0.4, -0.2) is 9.97 Å². The molecule has 2 nitrogen and oxygen atoms in total. The van der Waals surface area contributed by atoms with E-state index in [-0.39, 0.29) is 5.41 Å². The van der Waals surface area contributed by atoms with Crippen molar-refractivity contribution < 1.29 is 8.78 Å². The molecule has 0 bridgehead atoms. The van der Waals surface area contributed by atoms with E-state index in [0.717, 1.165) is 24.7 Å². The van der Waals surface area contributed by atoms with E-state index in [4.69, 9.17) is 0 Å². The highest BCUT2D eigenvalue weighted by Crippen LogP contribution is 2.38. The van der Waals surface area contributed by atoms with Crippen LogP contribution in [0.1, 0.15) is 44.9 Å². The zero-order chi connectivity index (χ0) is 12.8. The highest BCUT2D eigenvalue weighted by molar-refractivity contribution is 5.75. The molecule has 1 saturated carbocycles. The summed E-state index contributed by atoms with van der Waals surface area (Å²) >= 11 is 0. The molecular weight excluding hydrogens is 234 g/mol. The maximum atomic E-state index is 13.2. The maximum Gasteiger partial charge on any atom is 0.161 e. The van der Waals surface area contributed by atoms with E-state index in [2.05, 4.69) is 16.9 Å². The standard InChI is InChI=1S/C14H16F2N2/c1-14(5-3-2-4-6-14)13-17-11-7-9(15)10(16)8-12(11)18-13/h7-8H,2-6H2,1H3,(H,17,18). The number of hydrogen-bond acceptors (Lipinski definition) is 1. The van der Waals surface area contributed by atoms with Crippen molar-refractivity contribution in [2.75, 3.05) is 0 Å². The van der Waals surface area contributed by atoms with Crippen LogP contribution in [0.15, 0.2) is 12.1 Å². The highest BCUT2D eigenvalue weighted by Gasteiger charge is 2.31. The van der Waals surface area contributed by atoms with Gasteiger partial charge in [-0.1, -0.05) is 26.2 Å². The summed E-state index contributed by atoms with van der Waals surface area (Å²) in [5, 5.41) is 0. The Hall–Kier alpha value is -1.45. The predicted octanol–water partition coefficient (Wildman–Crippen LogP) is 4.06. The number of halogens is 2. The molecule has 2 aromatic rings. The molecule has 1 aromatic heterocycles. The van der Waals surface area contributed by atoms with Crippen molar-refractivity contribution in [3.05, 3.63) is 29.6 Å². The average Bonchev–Trinajstić information content (AvgIpc) is 2.74. The molecule has 1 heterocycles. The molecule has 4 heteroatoms.